The molecule has 0 aliphatic heterocycles. The SMILES string of the molecule is CC(Oc1ccc(-c2ccc(C(N)=O)c(F)c2)c(F)c1)c1nnn[nH]1. The van der Waals surface area contributed by atoms with E-state index in [1.54, 1.807) is 13.0 Å². The first-order valence-electron chi connectivity index (χ1n) is 7.25. The Hall–Kier alpha value is -3.36. The van der Waals surface area contributed by atoms with Gasteiger partial charge in [-0.2, -0.15) is 0 Å². The largest absolute Gasteiger partial charge is 0.483 e. The highest BCUT2D eigenvalue weighted by Crippen LogP contribution is 2.29. The van der Waals surface area contributed by atoms with Gasteiger partial charge in [-0.15, -0.1) is 5.10 Å². The Morgan fingerprint density at radius 2 is 2.00 bits per heavy atom. The number of hydrogen-bond donors (Lipinski definition) is 2. The summed E-state index contributed by atoms with van der Waals surface area (Å²) < 4.78 is 33.8. The van der Waals surface area contributed by atoms with Gasteiger partial charge in [0.1, 0.15) is 17.4 Å². The van der Waals surface area contributed by atoms with Gasteiger partial charge >= 0.3 is 0 Å². The molecule has 0 saturated heterocycles. The zero-order chi connectivity index (χ0) is 18.0. The number of amides is 1. The van der Waals surface area contributed by atoms with E-state index in [1.807, 2.05) is 0 Å². The molecule has 25 heavy (non-hydrogen) atoms. The fourth-order valence-corrected chi connectivity index (χ4v) is 2.28. The smallest absolute Gasteiger partial charge is 0.251 e. The van der Waals surface area contributed by atoms with Gasteiger partial charge in [-0.05, 0) is 47.2 Å². The molecule has 0 bridgehead atoms. The van der Waals surface area contributed by atoms with Crippen LogP contribution in [0.15, 0.2) is 36.4 Å². The van der Waals surface area contributed by atoms with Crippen LogP contribution in [0.2, 0.25) is 0 Å². The van der Waals surface area contributed by atoms with Crippen LogP contribution in [-0.4, -0.2) is 26.5 Å². The van der Waals surface area contributed by atoms with Crippen molar-refractivity contribution in [3.8, 4) is 16.9 Å². The number of nitrogens with two attached hydrogens (primary N) is 1. The maximum absolute atomic E-state index is 14.4. The van der Waals surface area contributed by atoms with Crippen LogP contribution < -0.4 is 10.5 Å². The quantitative estimate of drug-likeness (QED) is 0.738. The summed E-state index contributed by atoms with van der Waals surface area (Å²) in [6.45, 7) is 1.70. The molecule has 1 atom stereocenters. The molecule has 0 spiro atoms. The first-order chi connectivity index (χ1) is 12.0. The molecule has 0 fully saturated rings. The number of hydrogen-bond acceptors (Lipinski definition) is 5. The third-order valence-electron chi connectivity index (χ3n) is 3.55. The van der Waals surface area contributed by atoms with Crippen molar-refractivity contribution in [2.24, 2.45) is 5.73 Å². The summed E-state index contributed by atoms with van der Waals surface area (Å²) in [5.41, 5.74) is 5.24. The molecule has 3 aromatic rings. The average molecular weight is 345 g/mol. The summed E-state index contributed by atoms with van der Waals surface area (Å²) >= 11 is 0. The number of halogens is 2. The Morgan fingerprint density at radius 1 is 1.20 bits per heavy atom. The Kier molecular flexibility index (Phi) is 4.38. The number of H-pyrrole nitrogens is 1. The molecule has 3 N–H and O–H groups in total. The molecule has 2 aromatic carbocycles. The topological polar surface area (TPSA) is 107 Å². The van der Waals surface area contributed by atoms with Crippen LogP contribution in [-0.2, 0) is 0 Å². The van der Waals surface area contributed by atoms with Crippen molar-refractivity contribution in [1.29, 1.82) is 0 Å². The summed E-state index contributed by atoms with van der Waals surface area (Å²) in [4.78, 5) is 11.1. The minimum Gasteiger partial charge on any atom is -0.483 e. The molecule has 1 unspecified atom stereocenters. The fourth-order valence-electron chi connectivity index (χ4n) is 2.28. The van der Waals surface area contributed by atoms with E-state index in [0.717, 1.165) is 6.07 Å². The maximum Gasteiger partial charge on any atom is 0.251 e. The number of ether oxygens (including phenoxy) is 1. The Bertz CT molecular complexity index is 915. The monoisotopic (exact) mass is 345 g/mol. The second-order valence-corrected chi connectivity index (χ2v) is 5.25. The number of nitrogens with one attached hydrogen (secondary N) is 1. The number of aromatic amines is 1. The van der Waals surface area contributed by atoms with E-state index in [-0.39, 0.29) is 22.4 Å². The highest BCUT2D eigenvalue weighted by molar-refractivity contribution is 5.93. The van der Waals surface area contributed by atoms with Crippen molar-refractivity contribution >= 4 is 5.91 Å². The van der Waals surface area contributed by atoms with Crippen molar-refractivity contribution in [2.75, 3.05) is 0 Å². The number of nitrogens with zero attached hydrogens (tertiary/aromatic N) is 3. The fraction of sp³-hybridized carbons (Fsp3) is 0.125. The molecule has 0 radical (unpaired) electrons. The van der Waals surface area contributed by atoms with Crippen molar-refractivity contribution < 1.29 is 18.3 Å². The van der Waals surface area contributed by atoms with Gasteiger partial charge < -0.3 is 10.5 Å². The third-order valence-corrected chi connectivity index (χ3v) is 3.55. The van der Waals surface area contributed by atoms with Gasteiger partial charge in [0.15, 0.2) is 11.9 Å². The lowest BCUT2D eigenvalue weighted by atomic mass is 10.0. The minimum absolute atomic E-state index is 0.163. The third kappa shape index (κ3) is 3.44. The van der Waals surface area contributed by atoms with Gasteiger partial charge in [0.05, 0.1) is 5.56 Å². The number of tetrazole rings is 1. The lowest BCUT2D eigenvalue weighted by molar-refractivity contribution is 0.0996. The molecule has 0 aliphatic rings. The number of carbonyl (C=O) groups is 1. The van der Waals surface area contributed by atoms with E-state index >= 15 is 0 Å². The summed E-state index contributed by atoms with van der Waals surface area (Å²) in [5.74, 6) is -1.64. The lowest BCUT2D eigenvalue weighted by Gasteiger charge is -2.13. The first kappa shape index (κ1) is 16.5. The van der Waals surface area contributed by atoms with E-state index in [2.05, 4.69) is 20.6 Å². The molecule has 9 heteroatoms. The Labute approximate surface area is 140 Å². The number of rotatable bonds is 5. The Morgan fingerprint density at radius 3 is 2.60 bits per heavy atom. The van der Waals surface area contributed by atoms with Gasteiger partial charge in [-0.25, -0.2) is 13.9 Å². The zero-order valence-electron chi connectivity index (χ0n) is 13.0. The summed E-state index contributed by atoms with van der Waals surface area (Å²) in [7, 11) is 0. The van der Waals surface area contributed by atoms with Gasteiger partial charge in [0.2, 0.25) is 0 Å². The normalized spacial score (nSPS) is 12.0. The molecule has 1 heterocycles. The first-order valence-corrected chi connectivity index (χ1v) is 7.25. The Balaban J connectivity index is 1.85. The second-order valence-electron chi connectivity index (χ2n) is 5.25. The van der Waals surface area contributed by atoms with Crippen LogP contribution >= 0.6 is 0 Å². The summed E-state index contributed by atoms with van der Waals surface area (Å²) in [5, 5.41) is 13.2. The van der Waals surface area contributed by atoms with E-state index in [1.165, 1.54) is 24.3 Å². The van der Waals surface area contributed by atoms with Crippen molar-refractivity contribution in [3.05, 3.63) is 59.4 Å². The molecular formula is C16H13F2N5O2. The van der Waals surface area contributed by atoms with E-state index in [9.17, 15) is 13.6 Å². The average Bonchev–Trinajstić information content (AvgIpc) is 3.09. The summed E-state index contributed by atoms with van der Waals surface area (Å²) in [6, 6.07) is 7.87. The molecule has 7 nitrogen and oxygen atoms in total. The van der Waals surface area contributed by atoms with Crippen molar-refractivity contribution in [2.45, 2.75) is 13.0 Å². The highest BCUT2D eigenvalue weighted by Gasteiger charge is 2.15. The van der Waals surface area contributed by atoms with Crippen molar-refractivity contribution in [1.82, 2.24) is 20.6 Å². The number of aromatic nitrogens is 4. The molecule has 128 valence electrons. The number of carbonyl (C=O) groups excluding carboxylic acids is 1. The van der Waals surface area contributed by atoms with Crippen LogP contribution in [0.25, 0.3) is 11.1 Å². The van der Waals surface area contributed by atoms with Gasteiger partial charge in [-0.3, -0.25) is 4.79 Å². The summed E-state index contributed by atoms with van der Waals surface area (Å²) in [6.07, 6.45) is -0.507. The molecular weight excluding hydrogens is 332 g/mol. The number of primary amides is 1. The molecule has 0 saturated carbocycles. The van der Waals surface area contributed by atoms with E-state index in [0.29, 0.717) is 5.82 Å². The van der Waals surface area contributed by atoms with Gasteiger partial charge in [-0.1, -0.05) is 6.07 Å². The van der Waals surface area contributed by atoms with Crippen LogP contribution in [0.5, 0.6) is 5.75 Å². The van der Waals surface area contributed by atoms with Crippen LogP contribution in [0.3, 0.4) is 0 Å². The minimum atomic E-state index is -0.885. The van der Waals surface area contributed by atoms with Crippen LogP contribution in [0, 0.1) is 11.6 Å². The maximum atomic E-state index is 14.4. The number of benzene rings is 2. The zero-order valence-corrected chi connectivity index (χ0v) is 13.0. The highest BCUT2D eigenvalue weighted by atomic mass is 19.1. The van der Waals surface area contributed by atoms with Gasteiger partial charge in [0.25, 0.3) is 5.91 Å². The predicted molar refractivity (Wildman–Crippen MR) is 83.5 cm³/mol. The molecule has 1 aromatic heterocycles. The predicted octanol–water partition coefficient (Wildman–Crippen LogP) is 2.38. The van der Waals surface area contributed by atoms with Crippen molar-refractivity contribution in [3.63, 3.8) is 0 Å². The van der Waals surface area contributed by atoms with Crippen LogP contribution in [0.1, 0.15) is 29.2 Å². The van der Waals surface area contributed by atoms with E-state index in [4.69, 9.17) is 10.5 Å². The van der Waals surface area contributed by atoms with Gasteiger partial charge in [0, 0.05) is 11.6 Å². The molecule has 0 aliphatic carbocycles. The standard InChI is InChI=1S/C16H13F2N5O2/c1-8(16-20-22-23-21-16)25-10-3-5-11(14(18)7-10)9-2-4-12(15(19)24)13(17)6-9/h2-8H,1H3,(H2,19,24)(H,20,21,22,23). The van der Waals surface area contributed by atoms with E-state index < -0.39 is 23.6 Å². The molecule has 3 rings (SSSR count). The molecule has 1 amide bonds. The second kappa shape index (κ2) is 6.63. The van der Waals surface area contributed by atoms with Crippen LogP contribution in [0.4, 0.5) is 8.78 Å². The lowest BCUT2D eigenvalue weighted by Crippen LogP contribution is -2.12.